The van der Waals surface area contributed by atoms with Crippen LogP contribution in [0.5, 0.6) is 0 Å². The van der Waals surface area contributed by atoms with Crippen molar-refractivity contribution in [3.05, 3.63) is 80.1 Å². The minimum Gasteiger partial charge on any atom is -0.436 e. The number of benzene rings is 3. The first-order valence-corrected chi connectivity index (χ1v) is 11.2. The highest BCUT2D eigenvalue weighted by Crippen LogP contribution is 2.37. The van der Waals surface area contributed by atoms with Crippen LogP contribution in [-0.4, -0.2) is 10.9 Å². The third-order valence-electron chi connectivity index (χ3n) is 4.55. The largest absolute Gasteiger partial charge is 0.436 e. The molecule has 30 heavy (non-hydrogen) atoms. The Morgan fingerprint density at radius 2 is 1.90 bits per heavy atom. The van der Waals surface area contributed by atoms with Crippen LogP contribution in [0.1, 0.15) is 9.67 Å². The third kappa shape index (κ3) is 3.50. The highest BCUT2D eigenvalue weighted by atomic mass is 79.9. The van der Waals surface area contributed by atoms with Crippen molar-refractivity contribution in [1.29, 1.82) is 0 Å². The number of nitrogens with one attached hydrogen (secondary N) is 1. The monoisotopic (exact) mass is 516 g/mol. The number of hydrogen-bond donors (Lipinski definition) is 1. The van der Waals surface area contributed by atoms with Crippen molar-refractivity contribution < 1.29 is 9.21 Å². The summed E-state index contributed by atoms with van der Waals surface area (Å²) in [6, 6.07) is 18.4. The molecule has 5 aromatic rings. The number of nitrogens with zero attached hydrogens (tertiary/aromatic N) is 1. The summed E-state index contributed by atoms with van der Waals surface area (Å²) in [5, 5.41) is 4.72. The summed E-state index contributed by atoms with van der Waals surface area (Å²) in [4.78, 5) is 17.8. The van der Waals surface area contributed by atoms with Crippen LogP contribution < -0.4 is 5.32 Å². The first-order valence-electron chi connectivity index (χ1n) is 8.84. The molecule has 0 spiro atoms. The van der Waals surface area contributed by atoms with Crippen molar-refractivity contribution in [2.24, 2.45) is 0 Å². The molecule has 0 saturated carbocycles. The molecule has 0 bridgehead atoms. The summed E-state index contributed by atoms with van der Waals surface area (Å²) in [5.41, 5.74) is 2.74. The Morgan fingerprint density at radius 3 is 2.73 bits per heavy atom. The standard InChI is InChI=1S/C22H11BrCl2N2O2S/c23-15-4-2-1-3-13(15)22-27-16-10-12(6-8-17(16)29-22)26-21(28)20-19(25)14-7-5-11(24)9-18(14)30-20/h1-10H,(H,26,28). The van der Waals surface area contributed by atoms with E-state index in [0.717, 1.165) is 20.1 Å². The summed E-state index contributed by atoms with van der Waals surface area (Å²) in [7, 11) is 0. The minimum absolute atomic E-state index is 0.286. The van der Waals surface area contributed by atoms with E-state index in [-0.39, 0.29) is 5.91 Å². The number of hydrogen-bond acceptors (Lipinski definition) is 4. The summed E-state index contributed by atoms with van der Waals surface area (Å²) < 4.78 is 7.62. The van der Waals surface area contributed by atoms with E-state index in [9.17, 15) is 4.79 Å². The highest BCUT2D eigenvalue weighted by molar-refractivity contribution is 9.10. The molecule has 0 aliphatic rings. The molecular weight excluding hydrogens is 507 g/mol. The molecule has 8 heteroatoms. The van der Waals surface area contributed by atoms with Gasteiger partial charge in [-0.1, -0.05) is 41.4 Å². The van der Waals surface area contributed by atoms with Gasteiger partial charge in [-0.05, 0) is 58.4 Å². The van der Waals surface area contributed by atoms with Crippen LogP contribution >= 0.6 is 50.5 Å². The molecule has 0 radical (unpaired) electrons. The van der Waals surface area contributed by atoms with Crippen LogP contribution in [0.2, 0.25) is 10.0 Å². The van der Waals surface area contributed by atoms with Crippen molar-refractivity contribution in [2.75, 3.05) is 5.32 Å². The van der Waals surface area contributed by atoms with E-state index in [4.69, 9.17) is 27.6 Å². The van der Waals surface area contributed by atoms with E-state index in [1.54, 1.807) is 30.3 Å². The van der Waals surface area contributed by atoms with E-state index in [2.05, 4.69) is 26.2 Å². The quantitative estimate of drug-likeness (QED) is 0.263. The lowest BCUT2D eigenvalue weighted by Gasteiger charge is -2.03. The molecule has 3 aromatic carbocycles. The summed E-state index contributed by atoms with van der Waals surface area (Å²) >= 11 is 17.3. The fourth-order valence-electron chi connectivity index (χ4n) is 3.13. The zero-order valence-electron chi connectivity index (χ0n) is 15.1. The van der Waals surface area contributed by atoms with Crippen LogP contribution in [0, 0.1) is 0 Å². The van der Waals surface area contributed by atoms with Gasteiger partial charge in [0.15, 0.2) is 5.58 Å². The molecular formula is C22H11BrCl2N2O2S. The number of rotatable bonds is 3. The molecule has 0 fully saturated rings. The number of fused-ring (bicyclic) bond motifs is 2. The van der Waals surface area contributed by atoms with Gasteiger partial charge >= 0.3 is 0 Å². The normalized spacial score (nSPS) is 11.3. The second-order valence-electron chi connectivity index (χ2n) is 6.52. The molecule has 5 rings (SSSR count). The maximum Gasteiger partial charge on any atom is 0.267 e. The number of oxazole rings is 1. The lowest BCUT2D eigenvalue weighted by Crippen LogP contribution is -2.10. The Hall–Kier alpha value is -2.38. The Bertz CT molecular complexity index is 1440. The fourth-order valence-corrected chi connectivity index (χ4v) is 5.27. The van der Waals surface area contributed by atoms with Gasteiger partial charge in [0.2, 0.25) is 5.89 Å². The molecule has 0 aliphatic carbocycles. The Morgan fingerprint density at radius 1 is 1.07 bits per heavy atom. The average Bonchev–Trinajstić information content (AvgIpc) is 3.28. The second-order valence-corrected chi connectivity index (χ2v) is 9.24. The lowest BCUT2D eigenvalue weighted by atomic mass is 10.2. The van der Waals surface area contributed by atoms with Crippen molar-refractivity contribution >= 4 is 83.2 Å². The van der Waals surface area contributed by atoms with Crippen molar-refractivity contribution in [3.8, 4) is 11.5 Å². The summed E-state index contributed by atoms with van der Waals surface area (Å²) in [6.07, 6.45) is 0. The van der Waals surface area contributed by atoms with Crippen molar-refractivity contribution in [3.63, 3.8) is 0 Å². The van der Waals surface area contributed by atoms with Crippen LogP contribution in [0.4, 0.5) is 5.69 Å². The zero-order valence-corrected chi connectivity index (χ0v) is 19.0. The van der Waals surface area contributed by atoms with Gasteiger partial charge in [0.05, 0.1) is 10.6 Å². The van der Waals surface area contributed by atoms with Gasteiger partial charge in [0, 0.05) is 25.3 Å². The smallest absolute Gasteiger partial charge is 0.267 e. The number of anilines is 1. The van der Waals surface area contributed by atoms with Crippen molar-refractivity contribution in [2.45, 2.75) is 0 Å². The molecule has 4 nitrogen and oxygen atoms in total. The Labute approximate surface area is 193 Å². The van der Waals surface area contributed by atoms with Crippen LogP contribution in [0.15, 0.2) is 69.6 Å². The minimum atomic E-state index is -0.286. The topological polar surface area (TPSA) is 55.1 Å². The number of carbonyl (C=O) groups excluding carboxylic acids is 1. The van der Waals surface area contributed by atoms with Gasteiger partial charge in [-0.25, -0.2) is 4.98 Å². The average molecular weight is 518 g/mol. The highest BCUT2D eigenvalue weighted by Gasteiger charge is 2.18. The predicted molar refractivity (Wildman–Crippen MR) is 127 cm³/mol. The lowest BCUT2D eigenvalue weighted by molar-refractivity contribution is 0.103. The molecule has 148 valence electrons. The van der Waals surface area contributed by atoms with Gasteiger partial charge in [0.25, 0.3) is 5.91 Å². The summed E-state index contributed by atoms with van der Waals surface area (Å²) in [5.74, 6) is 0.219. The summed E-state index contributed by atoms with van der Waals surface area (Å²) in [6.45, 7) is 0. The first-order chi connectivity index (χ1) is 14.5. The molecule has 1 amide bonds. The second kappa shape index (κ2) is 7.71. The van der Waals surface area contributed by atoms with Gasteiger partial charge in [-0.2, -0.15) is 0 Å². The van der Waals surface area contributed by atoms with E-state index >= 15 is 0 Å². The van der Waals surface area contributed by atoms with Crippen molar-refractivity contribution in [1.82, 2.24) is 4.98 Å². The maximum absolute atomic E-state index is 12.8. The predicted octanol–water partition coefficient (Wildman–Crippen LogP) is 8.03. The SMILES string of the molecule is O=C(Nc1ccc2oc(-c3ccccc3Br)nc2c1)c1sc2cc(Cl)ccc2c1Cl. The van der Waals surface area contributed by atoms with Gasteiger partial charge < -0.3 is 9.73 Å². The number of halogens is 3. The van der Waals surface area contributed by atoms with Gasteiger partial charge in [0.1, 0.15) is 10.4 Å². The van der Waals surface area contributed by atoms with Crippen LogP contribution in [-0.2, 0) is 0 Å². The first kappa shape index (κ1) is 19.6. The molecule has 1 N–H and O–H groups in total. The van der Waals surface area contributed by atoms with Gasteiger partial charge in [-0.3, -0.25) is 4.79 Å². The van der Waals surface area contributed by atoms with Gasteiger partial charge in [-0.15, -0.1) is 11.3 Å². The Balaban J connectivity index is 1.46. The third-order valence-corrected chi connectivity index (χ3v) is 7.13. The molecule has 0 atom stereocenters. The molecule has 2 aromatic heterocycles. The van der Waals surface area contributed by atoms with E-state index in [1.807, 2.05) is 30.3 Å². The fraction of sp³-hybridized carbons (Fsp3) is 0. The molecule has 0 saturated heterocycles. The number of thiophene rings is 1. The Kier molecular flexibility index (Phi) is 5.03. The number of amides is 1. The molecule has 0 aliphatic heterocycles. The van der Waals surface area contributed by atoms with E-state index in [0.29, 0.717) is 37.6 Å². The molecule has 0 unspecified atom stereocenters. The van der Waals surface area contributed by atoms with E-state index in [1.165, 1.54) is 11.3 Å². The van der Waals surface area contributed by atoms with E-state index < -0.39 is 0 Å². The molecule has 2 heterocycles. The van der Waals surface area contributed by atoms with Crippen LogP contribution in [0.3, 0.4) is 0 Å². The number of aromatic nitrogens is 1. The zero-order chi connectivity index (χ0) is 20.8. The maximum atomic E-state index is 12.8. The number of carbonyl (C=O) groups is 1. The van der Waals surface area contributed by atoms with Crippen LogP contribution in [0.25, 0.3) is 32.6 Å².